The molecule has 1 aromatic carbocycles. The van der Waals surface area contributed by atoms with E-state index in [2.05, 4.69) is 26.0 Å². The molecule has 0 saturated carbocycles. The summed E-state index contributed by atoms with van der Waals surface area (Å²) in [6.07, 6.45) is -1.06. The Morgan fingerprint density at radius 3 is 2.68 bits per heavy atom. The van der Waals surface area contributed by atoms with Crippen molar-refractivity contribution in [1.82, 2.24) is 0 Å². The molecule has 0 aliphatic carbocycles. The molecule has 104 valence electrons. The predicted octanol–water partition coefficient (Wildman–Crippen LogP) is 1.69. The van der Waals surface area contributed by atoms with Gasteiger partial charge in [-0.15, -0.1) is 0 Å². The monoisotopic (exact) mass is 332 g/mol. The Balaban J connectivity index is 3.09. The standard InChI is InChI=1S/C11H13BrN2O5/c1-6(15)10(11(16)19-2)13-8-4-3-7(12)5-9(8)14(17)18/h3-6,10,13,15H,1-2H3. The van der Waals surface area contributed by atoms with Crippen molar-refractivity contribution < 1.29 is 19.6 Å². The number of benzene rings is 1. The van der Waals surface area contributed by atoms with Gasteiger partial charge in [-0.2, -0.15) is 0 Å². The zero-order valence-corrected chi connectivity index (χ0v) is 11.9. The lowest BCUT2D eigenvalue weighted by molar-refractivity contribution is -0.384. The molecule has 1 aromatic rings. The van der Waals surface area contributed by atoms with E-state index in [1.54, 1.807) is 6.07 Å². The fraction of sp³-hybridized carbons (Fsp3) is 0.364. The number of nitro benzene ring substituents is 1. The van der Waals surface area contributed by atoms with Crippen LogP contribution in [0.3, 0.4) is 0 Å². The Bertz CT molecular complexity index is 492. The van der Waals surface area contributed by atoms with Gasteiger partial charge in [0.05, 0.1) is 18.1 Å². The quantitative estimate of drug-likeness (QED) is 0.483. The summed E-state index contributed by atoms with van der Waals surface area (Å²) >= 11 is 3.13. The van der Waals surface area contributed by atoms with Gasteiger partial charge in [-0.05, 0) is 19.1 Å². The Kier molecular flexibility index (Phi) is 5.25. The van der Waals surface area contributed by atoms with Crippen LogP contribution < -0.4 is 5.32 Å². The van der Waals surface area contributed by atoms with Crippen molar-refractivity contribution >= 4 is 33.3 Å². The predicted molar refractivity (Wildman–Crippen MR) is 71.9 cm³/mol. The summed E-state index contributed by atoms with van der Waals surface area (Å²) in [6, 6.07) is 3.26. The van der Waals surface area contributed by atoms with Gasteiger partial charge in [0.25, 0.3) is 5.69 Å². The van der Waals surface area contributed by atoms with Gasteiger partial charge in [0.1, 0.15) is 5.69 Å². The first-order valence-corrected chi connectivity index (χ1v) is 6.12. The topological polar surface area (TPSA) is 102 Å². The maximum absolute atomic E-state index is 11.5. The van der Waals surface area contributed by atoms with E-state index >= 15 is 0 Å². The average Bonchev–Trinajstić information content (AvgIpc) is 2.35. The number of nitrogens with zero attached hydrogens (tertiary/aromatic N) is 1. The molecule has 0 aromatic heterocycles. The first-order valence-electron chi connectivity index (χ1n) is 5.33. The number of ether oxygens (including phenoxy) is 1. The molecule has 0 saturated heterocycles. The number of esters is 1. The second-order valence-electron chi connectivity index (χ2n) is 3.80. The molecule has 0 aliphatic rings. The Morgan fingerprint density at radius 2 is 2.21 bits per heavy atom. The number of methoxy groups -OCH3 is 1. The van der Waals surface area contributed by atoms with E-state index in [0.717, 1.165) is 0 Å². The average molecular weight is 333 g/mol. The highest BCUT2D eigenvalue weighted by atomic mass is 79.9. The Labute approximate surface area is 117 Å². The molecular formula is C11H13BrN2O5. The molecule has 2 N–H and O–H groups in total. The van der Waals surface area contributed by atoms with Crippen LogP contribution in [-0.2, 0) is 9.53 Å². The summed E-state index contributed by atoms with van der Waals surface area (Å²) in [5.41, 5.74) is -0.0755. The molecule has 0 spiro atoms. The van der Waals surface area contributed by atoms with Crippen LogP contribution in [0.2, 0.25) is 0 Å². The third-order valence-corrected chi connectivity index (χ3v) is 2.90. The normalized spacial score (nSPS) is 13.5. The first kappa shape index (κ1) is 15.4. The van der Waals surface area contributed by atoms with Gasteiger partial charge in [0.2, 0.25) is 0 Å². The number of carbonyl (C=O) groups excluding carboxylic acids is 1. The largest absolute Gasteiger partial charge is 0.467 e. The van der Waals surface area contributed by atoms with Gasteiger partial charge < -0.3 is 15.2 Å². The maximum atomic E-state index is 11.5. The summed E-state index contributed by atoms with van der Waals surface area (Å²) < 4.78 is 5.07. The number of hydrogen-bond acceptors (Lipinski definition) is 6. The molecule has 0 heterocycles. The van der Waals surface area contributed by atoms with Crippen LogP contribution in [0.5, 0.6) is 0 Å². The number of hydrogen-bond donors (Lipinski definition) is 2. The van der Waals surface area contributed by atoms with Crippen molar-refractivity contribution in [3.63, 3.8) is 0 Å². The van der Waals surface area contributed by atoms with E-state index in [-0.39, 0.29) is 11.4 Å². The fourth-order valence-electron chi connectivity index (χ4n) is 1.45. The maximum Gasteiger partial charge on any atom is 0.330 e. The van der Waals surface area contributed by atoms with E-state index in [0.29, 0.717) is 4.47 Å². The van der Waals surface area contributed by atoms with Crippen molar-refractivity contribution in [2.45, 2.75) is 19.1 Å². The molecule has 19 heavy (non-hydrogen) atoms. The molecule has 0 bridgehead atoms. The van der Waals surface area contributed by atoms with Crippen molar-refractivity contribution in [3.8, 4) is 0 Å². The Hall–Kier alpha value is -1.67. The van der Waals surface area contributed by atoms with Crippen LogP contribution in [-0.4, -0.2) is 35.3 Å². The zero-order chi connectivity index (χ0) is 14.6. The molecule has 7 nitrogen and oxygen atoms in total. The molecule has 0 aliphatic heterocycles. The highest BCUT2D eigenvalue weighted by Gasteiger charge is 2.27. The van der Waals surface area contributed by atoms with Crippen LogP contribution in [0.4, 0.5) is 11.4 Å². The summed E-state index contributed by atoms with van der Waals surface area (Å²) in [7, 11) is 1.18. The highest BCUT2D eigenvalue weighted by Crippen LogP contribution is 2.28. The molecule has 8 heteroatoms. The smallest absolute Gasteiger partial charge is 0.330 e. The summed E-state index contributed by atoms with van der Waals surface area (Å²) in [6.45, 7) is 1.39. The highest BCUT2D eigenvalue weighted by molar-refractivity contribution is 9.10. The molecule has 1 rings (SSSR count). The van der Waals surface area contributed by atoms with Crippen molar-refractivity contribution in [3.05, 3.63) is 32.8 Å². The number of rotatable bonds is 5. The summed E-state index contributed by atoms with van der Waals surface area (Å²) in [5, 5.41) is 23.1. The van der Waals surface area contributed by atoms with Gasteiger partial charge in [0, 0.05) is 10.5 Å². The minimum atomic E-state index is -1.08. The lowest BCUT2D eigenvalue weighted by atomic mass is 10.1. The fourth-order valence-corrected chi connectivity index (χ4v) is 1.80. The van der Waals surface area contributed by atoms with Crippen molar-refractivity contribution in [2.75, 3.05) is 12.4 Å². The lowest BCUT2D eigenvalue weighted by Gasteiger charge is -2.19. The molecule has 0 fully saturated rings. The lowest BCUT2D eigenvalue weighted by Crippen LogP contribution is -2.40. The van der Waals surface area contributed by atoms with Crippen molar-refractivity contribution in [2.24, 2.45) is 0 Å². The van der Waals surface area contributed by atoms with Crippen LogP contribution in [0.15, 0.2) is 22.7 Å². The summed E-state index contributed by atoms with van der Waals surface area (Å²) in [5.74, 6) is -0.702. The first-order chi connectivity index (χ1) is 8.86. The number of aliphatic hydroxyl groups is 1. The number of nitrogens with one attached hydrogen (secondary N) is 1. The van der Waals surface area contributed by atoms with Gasteiger partial charge in [-0.25, -0.2) is 4.79 Å². The van der Waals surface area contributed by atoms with Gasteiger partial charge in [-0.1, -0.05) is 15.9 Å². The minimum Gasteiger partial charge on any atom is -0.467 e. The molecule has 0 amide bonds. The van der Waals surface area contributed by atoms with Crippen LogP contribution in [0.1, 0.15) is 6.92 Å². The number of aliphatic hydroxyl groups excluding tert-OH is 1. The number of nitro groups is 1. The second-order valence-corrected chi connectivity index (χ2v) is 4.72. The number of halogens is 1. The van der Waals surface area contributed by atoms with Crippen LogP contribution >= 0.6 is 15.9 Å². The van der Waals surface area contributed by atoms with Crippen molar-refractivity contribution in [1.29, 1.82) is 0 Å². The third-order valence-electron chi connectivity index (χ3n) is 2.41. The van der Waals surface area contributed by atoms with Gasteiger partial charge in [0.15, 0.2) is 6.04 Å². The van der Waals surface area contributed by atoms with E-state index < -0.39 is 23.0 Å². The zero-order valence-electron chi connectivity index (χ0n) is 10.3. The third kappa shape index (κ3) is 3.90. The van der Waals surface area contributed by atoms with Gasteiger partial charge in [-0.3, -0.25) is 10.1 Å². The Morgan fingerprint density at radius 1 is 1.58 bits per heavy atom. The van der Waals surface area contributed by atoms with E-state index in [1.165, 1.54) is 26.2 Å². The minimum absolute atomic E-state index is 0.129. The van der Waals surface area contributed by atoms with Crippen LogP contribution in [0.25, 0.3) is 0 Å². The van der Waals surface area contributed by atoms with Gasteiger partial charge >= 0.3 is 5.97 Å². The molecule has 0 radical (unpaired) electrons. The molecule has 2 unspecified atom stereocenters. The van der Waals surface area contributed by atoms with E-state index in [9.17, 15) is 20.0 Å². The molecule has 2 atom stereocenters. The number of carbonyl (C=O) groups is 1. The summed E-state index contributed by atoms with van der Waals surface area (Å²) in [4.78, 5) is 21.8. The SMILES string of the molecule is COC(=O)C(Nc1ccc(Br)cc1[N+](=O)[O-])C(C)O. The van der Waals surface area contributed by atoms with E-state index in [1.807, 2.05) is 0 Å². The molecular weight excluding hydrogens is 320 g/mol. The van der Waals surface area contributed by atoms with Crippen LogP contribution in [0, 0.1) is 10.1 Å². The van der Waals surface area contributed by atoms with E-state index in [4.69, 9.17) is 0 Å². The second kappa shape index (κ2) is 6.48. The number of anilines is 1.